The summed E-state index contributed by atoms with van der Waals surface area (Å²) in [6, 6.07) is 8.04. The number of alkyl halides is 3. The minimum Gasteiger partial charge on any atom is -0.337 e. The molecule has 1 N–H and O–H groups in total. The van der Waals surface area contributed by atoms with Crippen molar-refractivity contribution in [1.82, 2.24) is 19.9 Å². The van der Waals surface area contributed by atoms with Gasteiger partial charge in [-0.3, -0.25) is 4.98 Å². The van der Waals surface area contributed by atoms with Gasteiger partial charge < -0.3 is 4.98 Å². The topological polar surface area (TPSA) is 54.5 Å². The fourth-order valence-corrected chi connectivity index (χ4v) is 3.36. The maximum atomic E-state index is 12.9. The van der Waals surface area contributed by atoms with E-state index in [1.54, 1.807) is 24.4 Å². The summed E-state index contributed by atoms with van der Waals surface area (Å²) in [5.41, 5.74) is 2.47. The summed E-state index contributed by atoms with van der Waals surface area (Å²) in [7, 11) is 0. The van der Waals surface area contributed by atoms with Crippen molar-refractivity contribution in [3.63, 3.8) is 0 Å². The summed E-state index contributed by atoms with van der Waals surface area (Å²) in [6.07, 6.45) is -2.17. The van der Waals surface area contributed by atoms with E-state index in [0.29, 0.717) is 21.4 Å². The molecule has 0 aliphatic carbocycles. The Morgan fingerprint density at radius 3 is 2.46 bits per heavy atom. The van der Waals surface area contributed by atoms with Gasteiger partial charge in [-0.1, -0.05) is 29.3 Å². The second-order valence-corrected chi connectivity index (χ2v) is 7.04. The fourth-order valence-electron chi connectivity index (χ4n) is 2.88. The van der Waals surface area contributed by atoms with E-state index in [0.717, 1.165) is 29.1 Å². The minimum atomic E-state index is -4.48. The Kier molecular flexibility index (Phi) is 4.51. The predicted octanol–water partition coefficient (Wildman–Crippen LogP) is 6.32. The van der Waals surface area contributed by atoms with E-state index in [2.05, 4.69) is 19.9 Å². The van der Waals surface area contributed by atoms with Gasteiger partial charge in [0.1, 0.15) is 5.82 Å². The Hall–Kier alpha value is -2.64. The largest absolute Gasteiger partial charge is 0.417 e. The van der Waals surface area contributed by atoms with E-state index < -0.39 is 11.7 Å². The molecule has 3 aromatic heterocycles. The van der Waals surface area contributed by atoms with Crippen LogP contribution in [0.5, 0.6) is 0 Å². The smallest absolute Gasteiger partial charge is 0.337 e. The number of rotatable bonds is 2. The summed E-state index contributed by atoms with van der Waals surface area (Å²) in [5, 5.41) is 0.917. The van der Waals surface area contributed by atoms with E-state index >= 15 is 0 Å². The number of hydrogen-bond donors (Lipinski definition) is 1. The van der Waals surface area contributed by atoms with Gasteiger partial charge in [-0.2, -0.15) is 13.2 Å². The van der Waals surface area contributed by atoms with Crippen molar-refractivity contribution in [3.05, 3.63) is 63.9 Å². The molecule has 0 aliphatic rings. The maximum Gasteiger partial charge on any atom is 0.417 e. The second-order valence-electron chi connectivity index (χ2n) is 6.19. The zero-order valence-corrected chi connectivity index (χ0v) is 15.8. The van der Waals surface area contributed by atoms with Crippen molar-refractivity contribution >= 4 is 34.4 Å². The number of benzene rings is 1. The van der Waals surface area contributed by atoms with Crippen molar-refractivity contribution in [2.45, 2.75) is 13.1 Å². The summed E-state index contributed by atoms with van der Waals surface area (Å²) in [6.45, 7) is 1.89. The molecular weight excluding hydrogens is 412 g/mol. The number of nitrogens with one attached hydrogen (secondary N) is 1. The van der Waals surface area contributed by atoms with Crippen molar-refractivity contribution in [1.29, 1.82) is 0 Å². The Morgan fingerprint density at radius 1 is 1.00 bits per heavy atom. The molecule has 3 heterocycles. The Labute approximate surface area is 167 Å². The molecule has 4 nitrogen and oxygen atoms in total. The molecule has 0 bridgehead atoms. The fraction of sp³-hybridized carbons (Fsp3) is 0.105. The second kappa shape index (κ2) is 6.76. The molecule has 1 aromatic carbocycles. The third-order valence-electron chi connectivity index (χ3n) is 4.21. The van der Waals surface area contributed by atoms with Crippen LogP contribution in [0.1, 0.15) is 11.1 Å². The highest BCUT2D eigenvalue weighted by atomic mass is 35.5. The van der Waals surface area contributed by atoms with Crippen molar-refractivity contribution in [2.75, 3.05) is 0 Å². The number of H-pyrrole nitrogens is 1. The van der Waals surface area contributed by atoms with Crippen LogP contribution in [0.25, 0.3) is 33.8 Å². The number of fused-ring (bicyclic) bond motifs is 1. The zero-order valence-electron chi connectivity index (χ0n) is 14.3. The van der Waals surface area contributed by atoms with Crippen LogP contribution in [0.4, 0.5) is 13.2 Å². The van der Waals surface area contributed by atoms with Gasteiger partial charge in [0.2, 0.25) is 0 Å². The first-order valence-electron chi connectivity index (χ1n) is 8.08. The van der Waals surface area contributed by atoms with Crippen LogP contribution in [-0.2, 0) is 6.18 Å². The van der Waals surface area contributed by atoms with Gasteiger partial charge in [0, 0.05) is 23.5 Å². The molecule has 28 heavy (non-hydrogen) atoms. The van der Waals surface area contributed by atoms with E-state index in [1.807, 2.05) is 13.0 Å². The van der Waals surface area contributed by atoms with Crippen LogP contribution in [0.2, 0.25) is 10.0 Å². The number of imidazole rings is 1. The van der Waals surface area contributed by atoms with E-state index in [1.165, 1.54) is 0 Å². The molecule has 0 unspecified atom stereocenters. The molecule has 0 fully saturated rings. The van der Waals surface area contributed by atoms with E-state index in [-0.39, 0.29) is 11.2 Å². The van der Waals surface area contributed by atoms with Gasteiger partial charge in [0.05, 0.1) is 26.8 Å². The van der Waals surface area contributed by atoms with Gasteiger partial charge in [-0.25, -0.2) is 9.97 Å². The first-order valence-corrected chi connectivity index (χ1v) is 8.83. The monoisotopic (exact) mass is 422 g/mol. The molecule has 0 amide bonds. The number of hydrogen-bond acceptors (Lipinski definition) is 3. The van der Waals surface area contributed by atoms with Crippen LogP contribution in [0, 0.1) is 6.92 Å². The highest BCUT2D eigenvalue weighted by molar-refractivity contribution is 6.33. The van der Waals surface area contributed by atoms with Crippen LogP contribution in [-0.4, -0.2) is 19.9 Å². The van der Waals surface area contributed by atoms with Gasteiger partial charge >= 0.3 is 6.18 Å². The number of aromatic nitrogens is 4. The Bertz CT molecular complexity index is 1200. The minimum absolute atomic E-state index is 0.179. The van der Waals surface area contributed by atoms with Gasteiger partial charge in [-0.15, -0.1) is 0 Å². The molecule has 0 radical (unpaired) electrons. The zero-order chi connectivity index (χ0) is 20.1. The van der Waals surface area contributed by atoms with Crippen LogP contribution < -0.4 is 0 Å². The predicted molar refractivity (Wildman–Crippen MR) is 102 cm³/mol. The summed E-state index contributed by atoms with van der Waals surface area (Å²) >= 11 is 12.4. The normalized spacial score (nSPS) is 11.9. The first-order chi connectivity index (χ1) is 13.2. The number of pyridine rings is 2. The highest BCUT2D eigenvalue weighted by Gasteiger charge is 2.31. The van der Waals surface area contributed by atoms with E-state index in [4.69, 9.17) is 23.2 Å². The summed E-state index contributed by atoms with van der Waals surface area (Å²) in [5.74, 6) is 0.333. The molecule has 0 saturated carbocycles. The molecule has 0 spiro atoms. The first kappa shape index (κ1) is 18.7. The molecule has 0 atom stereocenters. The molecule has 0 aliphatic heterocycles. The summed E-state index contributed by atoms with van der Waals surface area (Å²) in [4.78, 5) is 15.2. The molecule has 4 aromatic rings. The number of aromatic amines is 1. The van der Waals surface area contributed by atoms with Gasteiger partial charge in [0.15, 0.2) is 5.65 Å². The number of halogens is 5. The van der Waals surface area contributed by atoms with Gasteiger partial charge in [-0.05, 0) is 36.8 Å². The lowest BCUT2D eigenvalue weighted by molar-refractivity contribution is -0.137. The maximum absolute atomic E-state index is 12.9. The van der Waals surface area contributed by atoms with Crippen LogP contribution >= 0.6 is 23.2 Å². The van der Waals surface area contributed by atoms with Crippen LogP contribution in [0.15, 0.2) is 42.7 Å². The van der Waals surface area contributed by atoms with Gasteiger partial charge in [0.25, 0.3) is 0 Å². The molecule has 4 rings (SSSR count). The third kappa shape index (κ3) is 3.43. The summed E-state index contributed by atoms with van der Waals surface area (Å²) < 4.78 is 38.6. The van der Waals surface area contributed by atoms with Crippen molar-refractivity contribution < 1.29 is 13.2 Å². The SMILES string of the molecule is Cc1cc(Cl)cnc1-c1ccc(-c2nc3ncc(C(F)(F)F)cc3[nH]2)c(Cl)c1. The lowest BCUT2D eigenvalue weighted by Gasteiger charge is -2.08. The standard InChI is InChI=1S/C19H11Cl2F3N4/c1-9-4-12(20)8-25-16(9)10-2-3-13(14(21)5-10)17-27-15-6-11(19(22,23)24)7-26-18(15)28-17/h2-8H,1H3,(H,26,27,28). The van der Waals surface area contributed by atoms with Crippen molar-refractivity contribution in [2.24, 2.45) is 0 Å². The quantitative estimate of drug-likeness (QED) is 0.411. The lowest BCUT2D eigenvalue weighted by Crippen LogP contribution is -2.05. The average molecular weight is 423 g/mol. The van der Waals surface area contributed by atoms with Crippen LogP contribution in [0.3, 0.4) is 0 Å². The lowest BCUT2D eigenvalue weighted by atomic mass is 10.0. The van der Waals surface area contributed by atoms with E-state index in [9.17, 15) is 13.2 Å². The highest BCUT2D eigenvalue weighted by Crippen LogP contribution is 2.34. The Morgan fingerprint density at radius 2 is 1.79 bits per heavy atom. The number of aryl methyl sites for hydroxylation is 1. The number of nitrogens with zero attached hydrogens (tertiary/aromatic N) is 3. The molecule has 142 valence electrons. The molecule has 0 saturated heterocycles. The Balaban J connectivity index is 1.75. The van der Waals surface area contributed by atoms with Crippen molar-refractivity contribution in [3.8, 4) is 22.6 Å². The molecule has 9 heteroatoms. The third-order valence-corrected chi connectivity index (χ3v) is 4.73. The average Bonchev–Trinajstić information content (AvgIpc) is 3.03. The molecular formula is C19H11Cl2F3N4.